The maximum absolute atomic E-state index is 12.7. The molecule has 0 N–H and O–H groups in total. The fourth-order valence-electron chi connectivity index (χ4n) is 2.99. The highest BCUT2D eigenvalue weighted by Gasteiger charge is 2.54. The number of amides is 3. The molecule has 26 heavy (non-hydrogen) atoms. The Balaban J connectivity index is 2.14. The van der Waals surface area contributed by atoms with Gasteiger partial charge in [0.15, 0.2) is 5.41 Å². The van der Waals surface area contributed by atoms with Crippen LogP contribution in [-0.4, -0.2) is 39.8 Å². The molecule has 0 aromatic rings. The third kappa shape index (κ3) is 3.76. The van der Waals surface area contributed by atoms with E-state index in [1.165, 1.54) is 0 Å². The van der Waals surface area contributed by atoms with Crippen LogP contribution in [0.15, 0.2) is 12.8 Å². The molecule has 1 aliphatic heterocycles. The van der Waals surface area contributed by atoms with Gasteiger partial charge >= 0.3 is 11.9 Å². The van der Waals surface area contributed by atoms with Crippen LogP contribution in [0.25, 0.3) is 0 Å². The zero-order valence-electron chi connectivity index (χ0n) is 14.7. The van der Waals surface area contributed by atoms with Gasteiger partial charge in [0.2, 0.25) is 0 Å². The van der Waals surface area contributed by atoms with Gasteiger partial charge in [0.1, 0.15) is 0 Å². The summed E-state index contributed by atoms with van der Waals surface area (Å²) in [5, 5.41) is 1.11. The first-order valence-corrected chi connectivity index (χ1v) is 8.61. The minimum absolute atomic E-state index is 0.0423. The van der Waals surface area contributed by atoms with Crippen LogP contribution in [0.3, 0.4) is 0 Å². The molecule has 0 aromatic heterocycles. The summed E-state index contributed by atoms with van der Waals surface area (Å²) in [5.74, 6) is -3.70. The van der Waals surface area contributed by atoms with Crippen molar-refractivity contribution in [3.05, 3.63) is 12.8 Å². The van der Waals surface area contributed by atoms with Crippen LogP contribution in [0.4, 0.5) is 0 Å². The largest absolute Gasteiger partial charge is 0.350 e. The van der Waals surface area contributed by atoms with Crippen LogP contribution in [0.5, 0.6) is 0 Å². The summed E-state index contributed by atoms with van der Waals surface area (Å²) in [5.41, 5.74) is -1.66. The topological polar surface area (TPSA) is 110 Å². The van der Waals surface area contributed by atoms with Crippen molar-refractivity contribution in [2.75, 3.05) is 0 Å². The minimum atomic E-state index is -1.66. The summed E-state index contributed by atoms with van der Waals surface area (Å²) in [4.78, 5) is 70.5. The predicted octanol–water partition coefficient (Wildman–Crippen LogP) is 1.38. The maximum atomic E-state index is 12.7. The second-order valence-corrected chi connectivity index (χ2v) is 6.28. The van der Waals surface area contributed by atoms with Crippen molar-refractivity contribution < 1.29 is 33.6 Å². The maximum Gasteiger partial charge on any atom is 0.350 e. The summed E-state index contributed by atoms with van der Waals surface area (Å²) in [6.45, 7) is 5.22. The third-order valence-electron chi connectivity index (χ3n) is 4.48. The lowest BCUT2D eigenvalue weighted by Crippen LogP contribution is -2.46. The predicted molar refractivity (Wildman–Crippen MR) is 86.1 cm³/mol. The summed E-state index contributed by atoms with van der Waals surface area (Å²) < 4.78 is 0. The number of carbonyl (C=O) groups excluding carboxylic acids is 5. The molecule has 0 aromatic carbocycles. The number of nitrogens with zero attached hydrogens (tertiary/aromatic N) is 2. The first-order chi connectivity index (χ1) is 12.4. The van der Waals surface area contributed by atoms with Crippen LogP contribution in [0.2, 0.25) is 0 Å². The molecule has 0 radical (unpaired) electrons. The van der Waals surface area contributed by atoms with Gasteiger partial charge in [-0.15, -0.1) is 10.1 Å². The Morgan fingerprint density at radius 1 is 1.15 bits per heavy atom. The Kier molecular flexibility index (Phi) is 6.12. The molecule has 1 heterocycles. The molecule has 2 aliphatic rings. The van der Waals surface area contributed by atoms with Crippen molar-refractivity contribution >= 4 is 29.7 Å². The summed E-state index contributed by atoms with van der Waals surface area (Å²) in [7, 11) is 0. The van der Waals surface area contributed by atoms with Gasteiger partial charge in [0, 0.05) is 25.5 Å². The van der Waals surface area contributed by atoms with Crippen LogP contribution in [0.1, 0.15) is 58.3 Å². The van der Waals surface area contributed by atoms with Crippen LogP contribution < -0.4 is 0 Å². The number of hydrogen-bond acceptors (Lipinski definition) is 7. The Bertz CT molecular complexity index is 621. The molecule has 1 saturated carbocycles. The van der Waals surface area contributed by atoms with Gasteiger partial charge in [-0.1, -0.05) is 26.3 Å². The molecule has 0 unspecified atom stereocenters. The number of hydroxylamine groups is 4. The Labute approximate surface area is 150 Å². The lowest BCUT2D eigenvalue weighted by atomic mass is 9.86. The van der Waals surface area contributed by atoms with Crippen LogP contribution in [0, 0.1) is 5.41 Å². The van der Waals surface area contributed by atoms with Crippen molar-refractivity contribution in [3.63, 3.8) is 0 Å². The van der Waals surface area contributed by atoms with Gasteiger partial charge < -0.3 is 9.68 Å². The zero-order valence-corrected chi connectivity index (χ0v) is 14.7. The number of imide groups is 1. The molecular weight excluding hydrogens is 344 g/mol. The molecule has 2 fully saturated rings. The molecule has 0 spiro atoms. The first kappa shape index (κ1) is 19.6. The van der Waals surface area contributed by atoms with Gasteiger partial charge in [0.05, 0.1) is 0 Å². The Hall–Kier alpha value is -2.71. The van der Waals surface area contributed by atoms with E-state index < -0.39 is 35.1 Å². The molecule has 0 atom stereocenters. The molecule has 1 aliphatic carbocycles. The van der Waals surface area contributed by atoms with E-state index in [2.05, 4.69) is 6.58 Å². The summed E-state index contributed by atoms with van der Waals surface area (Å²) >= 11 is 0. The van der Waals surface area contributed by atoms with E-state index in [9.17, 15) is 24.0 Å². The van der Waals surface area contributed by atoms with E-state index in [-0.39, 0.29) is 32.1 Å². The molecule has 9 heteroatoms. The van der Waals surface area contributed by atoms with Gasteiger partial charge in [-0.05, 0) is 19.3 Å². The SMILES string of the molecule is C=CN(OC(=O)C1(C(=O)ON2C(=O)CCC2=O)CCCC1)C(=O)CCC. The third-order valence-corrected chi connectivity index (χ3v) is 4.48. The van der Waals surface area contributed by atoms with Crippen molar-refractivity contribution in [1.29, 1.82) is 0 Å². The molecule has 142 valence electrons. The highest BCUT2D eigenvalue weighted by molar-refractivity contribution is 6.04. The molecular formula is C17H22N2O7. The standard InChI is InChI=1S/C17H22N2O7/c1-3-7-12(20)18(4-2)25-15(23)17(10-5-6-11-17)16(24)26-19-13(21)8-9-14(19)22/h4H,2-3,5-11H2,1H3. The van der Waals surface area contributed by atoms with E-state index in [4.69, 9.17) is 9.68 Å². The van der Waals surface area contributed by atoms with Gasteiger partial charge in [-0.25, -0.2) is 9.59 Å². The van der Waals surface area contributed by atoms with Crippen molar-refractivity contribution in [2.24, 2.45) is 5.41 Å². The average molecular weight is 366 g/mol. The highest BCUT2D eigenvalue weighted by atomic mass is 16.7. The van der Waals surface area contributed by atoms with Crippen molar-refractivity contribution in [3.8, 4) is 0 Å². The van der Waals surface area contributed by atoms with E-state index in [0.717, 1.165) is 6.20 Å². The molecule has 1 saturated heterocycles. The Morgan fingerprint density at radius 3 is 2.23 bits per heavy atom. The summed E-state index contributed by atoms with van der Waals surface area (Å²) in [6, 6.07) is 0. The quantitative estimate of drug-likeness (QED) is 0.397. The number of rotatable bonds is 6. The second-order valence-electron chi connectivity index (χ2n) is 6.28. The van der Waals surface area contributed by atoms with Crippen LogP contribution in [-0.2, 0) is 33.6 Å². The molecule has 3 amide bonds. The van der Waals surface area contributed by atoms with Gasteiger partial charge in [-0.3, -0.25) is 14.4 Å². The molecule has 2 rings (SSSR count). The van der Waals surface area contributed by atoms with Gasteiger partial charge in [0.25, 0.3) is 17.7 Å². The zero-order chi connectivity index (χ0) is 19.3. The van der Waals surface area contributed by atoms with Crippen LogP contribution >= 0.6 is 0 Å². The normalized spacial score (nSPS) is 18.6. The summed E-state index contributed by atoms with van der Waals surface area (Å²) in [6.07, 6.45) is 3.10. The average Bonchev–Trinajstić information content (AvgIpc) is 3.23. The lowest BCUT2D eigenvalue weighted by Gasteiger charge is -2.27. The van der Waals surface area contributed by atoms with E-state index in [1.54, 1.807) is 6.92 Å². The monoisotopic (exact) mass is 366 g/mol. The molecule has 9 nitrogen and oxygen atoms in total. The highest BCUT2D eigenvalue weighted by Crippen LogP contribution is 2.41. The Morgan fingerprint density at radius 2 is 1.73 bits per heavy atom. The van der Waals surface area contributed by atoms with Gasteiger partial charge in [-0.2, -0.15) is 0 Å². The number of hydrogen-bond donors (Lipinski definition) is 0. The van der Waals surface area contributed by atoms with Crippen molar-refractivity contribution in [1.82, 2.24) is 10.1 Å². The lowest BCUT2D eigenvalue weighted by molar-refractivity contribution is -0.216. The fraction of sp³-hybridized carbons (Fsp3) is 0.588. The fourth-order valence-corrected chi connectivity index (χ4v) is 2.99. The second kappa shape index (κ2) is 8.11. The number of carbonyl (C=O) groups is 5. The molecule has 0 bridgehead atoms. The van der Waals surface area contributed by atoms with Crippen molar-refractivity contribution in [2.45, 2.75) is 58.3 Å². The van der Waals surface area contributed by atoms with E-state index >= 15 is 0 Å². The smallest absolute Gasteiger partial charge is 0.332 e. The first-order valence-electron chi connectivity index (χ1n) is 8.61. The van der Waals surface area contributed by atoms with E-state index in [0.29, 0.717) is 29.4 Å². The van der Waals surface area contributed by atoms with E-state index in [1.807, 2.05) is 0 Å². The minimum Gasteiger partial charge on any atom is -0.332 e.